The maximum atomic E-state index is 11.7. The van der Waals surface area contributed by atoms with Crippen LogP contribution in [0.4, 0.5) is 5.82 Å². The predicted octanol–water partition coefficient (Wildman–Crippen LogP) is 3.90. The van der Waals surface area contributed by atoms with Crippen LogP contribution in [0.25, 0.3) is 11.0 Å². The second-order valence-electron chi connectivity index (χ2n) is 7.37. The predicted molar refractivity (Wildman–Crippen MR) is 113 cm³/mol. The minimum atomic E-state index is 0.0127. The molecule has 1 aromatic carbocycles. The fourth-order valence-electron chi connectivity index (χ4n) is 3.60. The van der Waals surface area contributed by atoms with Gasteiger partial charge in [0.15, 0.2) is 11.5 Å². The van der Waals surface area contributed by atoms with Crippen LogP contribution < -0.4 is 10.1 Å². The molecule has 3 aromatic rings. The first-order valence-corrected chi connectivity index (χ1v) is 9.87. The number of carbonyl (C=O) groups is 1. The highest BCUT2D eigenvalue weighted by atomic mass is 16.5. The largest absolute Gasteiger partial charge is 0.456 e. The number of aromatic amines is 1. The summed E-state index contributed by atoms with van der Waals surface area (Å²) in [6.07, 6.45) is 5.01. The van der Waals surface area contributed by atoms with E-state index in [4.69, 9.17) is 4.74 Å². The summed E-state index contributed by atoms with van der Waals surface area (Å²) < 4.78 is 6.10. The number of nitrogens with one attached hydrogen (secondary N) is 2. The summed E-state index contributed by atoms with van der Waals surface area (Å²) in [5, 5.41) is 11.7. The minimum Gasteiger partial charge on any atom is -0.456 e. The van der Waals surface area contributed by atoms with Crippen molar-refractivity contribution in [3.8, 4) is 11.5 Å². The van der Waals surface area contributed by atoms with Crippen LogP contribution in [0.3, 0.4) is 0 Å². The number of likely N-dealkylation sites (tertiary alicyclic amines) is 1. The highest BCUT2D eigenvalue weighted by molar-refractivity contribution is 5.93. The van der Waals surface area contributed by atoms with Gasteiger partial charge in [-0.1, -0.05) is 24.3 Å². The van der Waals surface area contributed by atoms with Crippen LogP contribution in [0.2, 0.25) is 0 Å². The van der Waals surface area contributed by atoms with E-state index in [0.717, 1.165) is 49.4 Å². The van der Waals surface area contributed by atoms with E-state index in [2.05, 4.69) is 27.1 Å². The normalized spacial score (nSPS) is 14.7. The zero-order chi connectivity index (χ0) is 20.2. The number of carbonyl (C=O) groups excluding carboxylic acids is 1. The number of piperidine rings is 1. The van der Waals surface area contributed by atoms with Crippen molar-refractivity contribution in [2.45, 2.75) is 19.8 Å². The lowest BCUT2D eigenvalue weighted by molar-refractivity contribution is -0.127. The summed E-state index contributed by atoms with van der Waals surface area (Å²) in [6, 6.07) is 9.79. The van der Waals surface area contributed by atoms with Crippen LogP contribution in [0, 0.1) is 12.8 Å². The Bertz CT molecular complexity index is 1000. The summed E-state index contributed by atoms with van der Waals surface area (Å²) in [6.45, 7) is 7.93. The van der Waals surface area contributed by atoms with Gasteiger partial charge in [0, 0.05) is 31.9 Å². The summed E-state index contributed by atoms with van der Waals surface area (Å²) in [5.41, 5.74) is 1.87. The first-order valence-electron chi connectivity index (χ1n) is 9.87. The van der Waals surface area contributed by atoms with Gasteiger partial charge in [-0.15, -0.1) is 0 Å². The molecule has 150 valence electrons. The summed E-state index contributed by atoms with van der Waals surface area (Å²) in [7, 11) is 0. The van der Waals surface area contributed by atoms with E-state index < -0.39 is 0 Å². The van der Waals surface area contributed by atoms with E-state index >= 15 is 0 Å². The zero-order valence-corrected chi connectivity index (χ0v) is 16.5. The Kier molecular flexibility index (Phi) is 5.46. The van der Waals surface area contributed by atoms with Crippen LogP contribution in [0.15, 0.2) is 49.2 Å². The summed E-state index contributed by atoms with van der Waals surface area (Å²) >= 11 is 0. The summed E-state index contributed by atoms with van der Waals surface area (Å²) in [5.74, 6) is 2.71. The number of hydrogen-bond acceptors (Lipinski definition) is 5. The van der Waals surface area contributed by atoms with Crippen molar-refractivity contribution in [1.82, 2.24) is 20.1 Å². The number of H-pyrrole nitrogens is 1. The Balaban J connectivity index is 1.45. The molecule has 0 saturated carbocycles. The van der Waals surface area contributed by atoms with Crippen molar-refractivity contribution < 1.29 is 9.53 Å². The monoisotopic (exact) mass is 391 g/mol. The fraction of sp³-hybridized carbons (Fsp3) is 0.318. The highest BCUT2D eigenvalue weighted by Gasteiger charge is 2.22. The van der Waals surface area contributed by atoms with Gasteiger partial charge in [-0.25, -0.2) is 4.98 Å². The molecule has 0 unspecified atom stereocenters. The number of anilines is 1. The topological polar surface area (TPSA) is 83.1 Å². The van der Waals surface area contributed by atoms with E-state index in [0.29, 0.717) is 17.3 Å². The number of ether oxygens (including phenoxy) is 1. The Hall–Kier alpha value is -3.35. The van der Waals surface area contributed by atoms with Crippen molar-refractivity contribution in [2.75, 3.05) is 25.0 Å². The van der Waals surface area contributed by atoms with Crippen molar-refractivity contribution in [3.63, 3.8) is 0 Å². The third-order valence-corrected chi connectivity index (χ3v) is 5.33. The van der Waals surface area contributed by atoms with Gasteiger partial charge < -0.3 is 15.0 Å². The molecule has 4 rings (SSSR count). The van der Waals surface area contributed by atoms with Gasteiger partial charge in [-0.05, 0) is 43.9 Å². The minimum absolute atomic E-state index is 0.0127. The number of hydrogen-bond donors (Lipinski definition) is 2. The fourth-order valence-corrected chi connectivity index (χ4v) is 3.60. The smallest absolute Gasteiger partial charge is 0.245 e. The van der Waals surface area contributed by atoms with E-state index in [-0.39, 0.29) is 5.91 Å². The second kappa shape index (κ2) is 8.34. The first kappa shape index (κ1) is 19.0. The van der Waals surface area contributed by atoms with Crippen LogP contribution in [-0.4, -0.2) is 45.6 Å². The van der Waals surface area contributed by atoms with Gasteiger partial charge in [0.25, 0.3) is 0 Å². The molecule has 0 aliphatic carbocycles. The first-order chi connectivity index (χ1) is 14.1. The van der Waals surface area contributed by atoms with Gasteiger partial charge in [0.05, 0.1) is 0 Å². The summed E-state index contributed by atoms with van der Waals surface area (Å²) in [4.78, 5) is 17.9. The van der Waals surface area contributed by atoms with Crippen LogP contribution >= 0.6 is 0 Å². The lowest BCUT2D eigenvalue weighted by Gasteiger charge is -2.31. The molecule has 7 nitrogen and oxygen atoms in total. The molecule has 2 N–H and O–H groups in total. The van der Waals surface area contributed by atoms with E-state index in [1.165, 1.54) is 11.6 Å². The van der Waals surface area contributed by atoms with Gasteiger partial charge in [-0.2, -0.15) is 5.10 Å². The number of aryl methyl sites for hydroxylation is 1. The van der Waals surface area contributed by atoms with Crippen LogP contribution in [-0.2, 0) is 4.79 Å². The lowest BCUT2D eigenvalue weighted by Crippen LogP contribution is -2.39. The number of benzene rings is 1. The van der Waals surface area contributed by atoms with Gasteiger partial charge in [-0.3, -0.25) is 9.89 Å². The Morgan fingerprint density at radius 1 is 1.31 bits per heavy atom. The molecule has 1 aliphatic heterocycles. The van der Waals surface area contributed by atoms with Crippen molar-refractivity contribution >= 4 is 22.8 Å². The molecule has 0 atom stereocenters. The van der Waals surface area contributed by atoms with E-state index in [1.54, 1.807) is 6.20 Å². The molecule has 1 aliphatic rings. The molecule has 3 heterocycles. The number of rotatable bonds is 6. The van der Waals surface area contributed by atoms with E-state index in [9.17, 15) is 4.79 Å². The molecule has 0 bridgehead atoms. The number of amides is 1. The molecule has 7 heteroatoms. The SMILES string of the molecule is C=CC(=O)N1CCC(CNc2n[nH]c3nccc(Oc4ccc(C)cc4)c23)CC1. The maximum Gasteiger partial charge on any atom is 0.245 e. The van der Waals surface area contributed by atoms with Crippen molar-refractivity contribution in [2.24, 2.45) is 5.92 Å². The Morgan fingerprint density at radius 2 is 2.07 bits per heavy atom. The molecule has 1 amide bonds. The average molecular weight is 391 g/mol. The maximum absolute atomic E-state index is 11.7. The molecule has 29 heavy (non-hydrogen) atoms. The highest BCUT2D eigenvalue weighted by Crippen LogP contribution is 2.33. The zero-order valence-electron chi connectivity index (χ0n) is 16.5. The number of aromatic nitrogens is 3. The molecule has 0 spiro atoms. The van der Waals surface area contributed by atoms with Crippen LogP contribution in [0.1, 0.15) is 18.4 Å². The van der Waals surface area contributed by atoms with E-state index in [1.807, 2.05) is 42.2 Å². The van der Waals surface area contributed by atoms with Crippen LogP contribution in [0.5, 0.6) is 11.5 Å². The van der Waals surface area contributed by atoms with Gasteiger partial charge in [0.1, 0.15) is 16.9 Å². The third kappa shape index (κ3) is 4.23. The lowest BCUT2D eigenvalue weighted by atomic mass is 9.96. The number of fused-ring (bicyclic) bond motifs is 1. The molecular weight excluding hydrogens is 366 g/mol. The van der Waals surface area contributed by atoms with Crippen molar-refractivity contribution in [3.05, 3.63) is 54.7 Å². The quantitative estimate of drug-likeness (QED) is 0.623. The molecular formula is C22H25N5O2. The van der Waals surface area contributed by atoms with Gasteiger partial charge in [0.2, 0.25) is 5.91 Å². The molecule has 1 fully saturated rings. The Labute approximate surface area is 169 Å². The third-order valence-electron chi connectivity index (χ3n) is 5.33. The molecule has 2 aromatic heterocycles. The van der Waals surface area contributed by atoms with Gasteiger partial charge >= 0.3 is 0 Å². The molecule has 0 radical (unpaired) electrons. The number of pyridine rings is 1. The standard InChI is InChI=1S/C22H25N5O2/c1-3-19(28)27-12-9-16(10-13-27)14-24-22-20-18(8-11-23-21(20)25-26-22)29-17-6-4-15(2)5-7-17/h3-8,11,16H,1,9-10,12-14H2,2H3,(H2,23,24,25,26). The Morgan fingerprint density at radius 3 is 2.79 bits per heavy atom. The average Bonchev–Trinajstić information content (AvgIpc) is 3.18. The van der Waals surface area contributed by atoms with Crippen molar-refractivity contribution in [1.29, 1.82) is 0 Å². The molecule has 1 saturated heterocycles. The second-order valence-corrected chi connectivity index (χ2v) is 7.37. The number of nitrogens with zero attached hydrogens (tertiary/aromatic N) is 3.